The topological polar surface area (TPSA) is 52.3 Å². The van der Waals surface area contributed by atoms with Gasteiger partial charge in [0, 0.05) is 11.6 Å². The van der Waals surface area contributed by atoms with Crippen LogP contribution in [0.25, 0.3) is 17.0 Å². The summed E-state index contributed by atoms with van der Waals surface area (Å²) in [6.45, 7) is 2.05. The maximum absolute atomic E-state index is 5.11. The zero-order chi connectivity index (χ0) is 12.5. The molecule has 3 aromatic rings. The van der Waals surface area contributed by atoms with Gasteiger partial charge >= 0.3 is 0 Å². The van der Waals surface area contributed by atoms with Crippen LogP contribution >= 0.6 is 0 Å². The van der Waals surface area contributed by atoms with Gasteiger partial charge in [-0.15, -0.1) is 15.3 Å². The smallest absolute Gasteiger partial charge is 0.231 e. The molecule has 0 aliphatic rings. The Bertz CT molecular complexity index is 688. The van der Waals surface area contributed by atoms with Crippen LogP contribution < -0.4 is 4.74 Å². The fourth-order valence-electron chi connectivity index (χ4n) is 1.76. The largest absolute Gasteiger partial charge is 0.480 e. The summed E-state index contributed by atoms with van der Waals surface area (Å²) in [5.74, 6) is 1.25. The van der Waals surface area contributed by atoms with Crippen molar-refractivity contribution >= 4 is 5.65 Å². The van der Waals surface area contributed by atoms with E-state index in [0.717, 1.165) is 5.56 Å². The summed E-state index contributed by atoms with van der Waals surface area (Å²) < 4.78 is 6.80. The summed E-state index contributed by atoms with van der Waals surface area (Å²) >= 11 is 0. The lowest BCUT2D eigenvalue weighted by atomic mass is 10.1. The molecular formula is C13H12N4O. The second-order valence-electron chi connectivity index (χ2n) is 4.04. The summed E-state index contributed by atoms with van der Waals surface area (Å²) in [6.07, 6.45) is 0. The highest BCUT2D eigenvalue weighted by Crippen LogP contribution is 2.19. The van der Waals surface area contributed by atoms with Crippen LogP contribution in [0.5, 0.6) is 5.88 Å². The molecule has 0 bridgehead atoms. The minimum atomic E-state index is 0.538. The molecular weight excluding hydrogens is 228 g/mol. The first-order valence-corrected chi connectivity index (χ1v) is 5.61. The van der Waals surface area contributed by atoms with E-state index >= 15 is 0 Å². The van der Waals surface area contributed by atoms with Crippen molar-refractivity contribution in [2.24, 2.45) is 0 Å². The van der Waals surface area contributed by atoms with E-state index < -0.39 is 0 Å². The number of ether oxygens (including phenoxy) is 1. The lowest BCUT2D eigenvalue weighted by Crippen LogP contribution is -1.97. The van der Waals surface area contributed by atoms with Gasteiger partial charge in [-0.2, -0.15) is 4.52 Å². The Hall–Kier alpha value is -2.43. The molecule has 5 heteroatoms. The molecule has 0 saturated heterocycles. The lowest BCUT2D eigenvalue weighted by molar-refractivity contribution is 0.390. The first kappa shape index (κ1) is 10.7. The predicted molar refractivity (Wildman–Crippen MR) is 67.5 cm³/mol. The molecule has 0 amide bonds. The highest BCUT2D eigenvalue weighted by Gasteiger charge is 2.09. The number of aromatic nitrogens is 4. The van der Waals surface area contributed by atoms with Crippen LogP contribution in [0.2, 0.25) is 0 Å². The van der Waals surface area contributed by atoms with E-state index in [1.54, 1.807) is 17.7 Å². The Morgan fingerprint density at radius 2 is 1.78 bits per heavy atom. The second-order valence-corrected chi connectivity index (χ2v) is 4.04. The maximum Gasteiger partial charge on any atom is 0.231 e. The van der Waals surface area contributed by atoms with E-state index in [1.807, 2.05) is 37.3 Å². The quantitative estimate of drug-likeness (QED) is 0.688. The normalized spacial score (nSPS) is 10.8. The standard InChI is InChI=1S/C13H12N4O/c1-9-3-5-10(6-4-9)13-15-14-11-7-8-12(18-2)16-17(11)13/h3-8H,1-2H3. The van der Waals surface area contributed by atoms with Gasteiger partial charge in [0.2, 0.25) is 5.88 Å². The van der Waals surface area contributed by atoms with Crippen molar-refractivity contribution in [1.82, 2.24) is 19.8 Å². The molecule has 0 fully saturated rings. The van der Waals surface area contributed by atoms with Gasteiger partial charge in [0.1, 0.15) is 0 Å². The molecule has 0 atom stereocenters. The Morgan fingerprint density at radius 3 is 2.50 bits per heavy atom. The summed E-state index contributed by atoms with van der Waals surface area (Å²) in [5.41, 5.74) is 2.89. The van der Waals surface area contributed by atoms with Crippen molar-refractivity contribution in [1.29, 1.82) is 0 Å². The fourth-order valence-corrected chi connectivity index (χ4v) is 1.76. The Kier molecular flexibility index (Phi) is 2.44. The van der Waals surface area contributed by atoms with Crippen LogP contribution in [0.1, 0.15) is 5.56 Å². The summed E-state index contributed by atoms with van der Waals surface area (Å²) in [7, 11) is 1.59. The summed E-state index contributed by atoms with van der Waals surface area (Å²) in [5, 5.41) is 12.6. The minimum Gasteiger partial charge on any atom is -0.480 e. The molecule has 0 N–H and O–H groups in total. The highest BCUT2D eigenvalue weighted by atomic mass is 16.5. The van der Waals surface area contributed by atoms with Crippen LogP contribution in [0.4, 0.5) is 0 Å². The van der Waals surface area contributed by atoms with E-state index in [2.05, 4.69) is 15.3 Å². The van der Waals surface area contributed by atoms with Gasteiger partial charge in [0.25, 0.3) is 0 Å². The Morgan fingerprint density at radius 1 is 1.00 bits per heavy atom. The van der Waals surface area contributed by atoms with Crippen LogP contribution in [-0.2, 0) is 0 Å². The van der Waals surface area contributed by atoms with Crippen LogP contribution in [0.15, 0.2) is 36.4 Å². The average molecular weight is 240 g/mol. The molecule has 18 heavy (non-hydrogen) atoms. The number of fused-ring (bicyclic) bond motifs is 1. The molecule has 0 radical (unpaired) electrons. The average Bonchev–Trinajstić information content (AvgIpc) is 2.82. The van der Waals surface area contributed by atoms with Crippen LogP contribution in [-0.4, -0.2) is 26.9 Å². The second kappa shape index (κ2) is 4.10. The van der Waals surface area contributed by atoms with Gasteiger partial charge in [0.05, 0.1) is 7.11 Å². The number of benzene rings is 1. The summed E-state index contributed by atoms with van der Waals surface area (Å²) in [4.78, 5) is 0. The number of hydrogen-bond donors (Lipinski definition) is 0. The molecule has 2 heterocycles. The Balaban J connectivity index is 2.19. The number of rotatable bonds is 2. The molecule has 1 aromatic carbocycles. The van der Waals surface area contributed by atoms with Crippen molar-refractivity contribution in [2.45, 2.75) is 6.92 Å². The van der Waals surface area contributed by atoms with Gasteiger partial charge in [0.15, 0.2) is 11.5 Å². The van der Waals surface area contributed by atoms with Gasteiger partial charge < -0.3 is 4.74 Å². The van der Waals surface area contributed by atoms with Crippen LogP contribution in [0.3, 0.4) is 0 Å². The number of nitrogens with zero attached hydrogens (tertiary/aromatic N) is 4. The van der Waals surface area contributed by atoms with E-state index in [4.69, 9.17) is 4.74 Å². The van der Waals surface area contributed by atoms with Gasteiger partial charge in [-0.25, -0.2) is 0 Å². The third-order valence-corrected chi connectivity index (χ3v) is 2.76. The molecule has 0 spiro atoms. The van der Waals surface area contributed by atoms with Gasteiger partial charge in [-0.1, -0.05) is 29.8 Å². The first-order valence-electron chi connectivity index (χ1n) is 5.61. The number of aryl methyl sites for hydroxylation is 1. The van der Waals surface area contributed by atoms with E-state index in [-0.39, 0.29) is 0 Å². The van der Waals surface area contributed by atoms with Crippen LogP contribution in [0, 0.1) is 6.92 Å². The molecule has 0 saturated carbocycles. The number of hydrogen-bond acceptors (Lipinski definition) is 4. The van der Waals surface area contributed by atoms with E-state index in [1.165, 1.54) is 5.56 Å². The molecule has 2 aromatic heterocycles. The molecule has 3 rings (SSSR count). The Labute approximate surface area is 104 Å². The minimum absolute atomic E-state index is 0.538. The van der Waals surface area contributed by atoms with Crippen molar-refractivity contribution in [3.8, 4) is 17.3 Å². The fraction of sp³-hybridized carbons (Fsp3) is 0.154. The number of methoxy groups -OCH3 is 1. The molecule has 90 valence electrons. The van der Waals surface area contributed by atoms with Gasteiger partial charge in [-0.3, -0.25) is 0 Å². The third-order valence-electron chi connectivity index (χ3n) is 2.76. The molecule has 0 unspecified atom stereocenters. The zero-order valence-corrected chi connectivity index (χ0v) is 10.2. The van der Waals surface area contributed by atoms with Crippen molar-refractivity contribution in [3.63, 3.8) is 0 Å². The molecule has 0 aliphatic carbocycles. The molecule has 5 nitrogen and oxygen atoms in total. The van der Waals surface area contributed by atoms with Gasteiger partial charge in [-0.05, 0) is 13.0 Å². The van der Waals surface area contributed by atoms with Crippen molar-refractivity contribution in [3.05, 3.63) is 42.0 Å². The third kappa shape index (κ3) is 1.69. The van der Waals surface area contributed by atoms with Crippen molar-refractivity contribution < 1.29 is 4.74 Å². The zero-order valence-electron chi connectivity index (χ0n) is 10.2. The lowest BCUT2D eigenvalue weighted by Gasteiger charge is -2.01. The van der Waals surface area contributed by atoms with E-state index in [0.29, 0.717) is 17.4 Å². The molecule has 0 aliphatic heterocycles. The maximum atomic E-state index is 5.11. The first-order chi connectivity index (χ1) is 8.78. The highest BCUT2D eigenvalue weighted by molar-refractivity contribution is 5.59. The summed E-state index contributed by atoms with van der Waals surface area (Å²) in [6, 6.07) is 11.7. The monoisotopic (exact) mass is 240 g/mol. The predicted octanol–water partition coefficient (Wildman–Crippen LogP) is 2.11. The SMILES string of the molecule is COc1ccc2nnc(-c3ccc(C)cc3)n2n1. The van der Waals surface area contributed by atoms with Crippen molar-refractivity contribution in [2.75, 3.05) is 7.11 Å². The van der Waals surface area contributed by atoms with E-state index in [9.17, 15) is 0 Å².